The molecule has 0 aliphatic heterocycles. The highest BCUT2D eigenvalue weighted by Gasteiger charge is 2.21. The largest absolute Gasteiger partial charge is 0.478 e. The van der Waals surface area contributed by atoms with Gasteiger partial charge in [0.25, 0.3) is 5.91 Å². The number of halogens is 1. The van der Waals surface area contributed by atoms with Crippen LogP contribution in [0.4, 0.5) is 11.4 Å². The predicted octanol–water partition coefficient (Wildman–Crippen LogP) is 5.81. The third kappa shape index (κ3) is 6.44. The molecule has 0 saturated carbocycles. The standard InChI is InChI=1S/C26H23ClN2O6S/c1-3-22(24(31)29-21-9-5-8-20(27)14(21)2)36-17-7-4-6-16(13-17)28-23(30)18-11-10-15(25(32)33)12-19(18)26(34)35/h4-13,22H,3H2,1-2H3,(H,28,30)(H,29,31)(H,32,33)(H,34,35). The molecule has 0 aliphatic carbocycles. The van der Waals surface area contributed by atoms with E-state index in [1.807, 2.05) is 13.8 Å². The summed E-state index contributed by atoms with van der Waals surface area (Å²) in [7, 11) is 0. The number of anilines is 2. The Balaban J connectivity index is 1.75. The molecule has 3 rings (SSSR count). The Bertz CT molecular complexity index is 1340. The molecule has 10 heteroatoms. The van der Waals surface area contributed by atoms with Crippen LogP contribution < -0.4 is 10.6 Å². The number of carbonyl (C=O) groups is 4. The van der Waals surface area contributed by atoms with E-state index in [-0.39, 0.29) is 17.0 Å². The van der Waals surface area contributed by atoms with Gasteiger partial charge >= 0.3 is 11.9 Å². The van der Waals surface area contributed by atoms with Crippen molar-refractivity contribution >= 4 is 58.5 Å². The van der Waals surface area contributed by atoms with Gasteiger partial charge in [0.05, 0.1) is 21.9 Å². The summed E-state index contributed by atoms with van der Waals surface area (Å²) in [5, 5.41) is 24.2. The molecule has 0 fully saturated rings. The molecule has 3 aromatic carbocycles. The van der Waals surface area contributed by atoms with E-state index < -0.39 is 28.7 Å². The molecule has 2 amide bonds. The zero-order chi connectivity index (χ0) is 26.4. The van der Waals surface area contributed by atoms with Crippen LogP contribution in [0.5, 0.6) is 0 Å². The summed E-state index contributed by atoms with van der Waals surface area (Å²) < 4.78 is 0. The van der Waals surface area contributed by atoms with E-state index in [9.17, 15) is 24.3 Å². The van der Waals surface area contributed by atoms with E-state index in [0.717, 1.165) is 22.6 Å². The van der Waals surface area contributed by atoms with E-state index in [4.69, 9.17) is 16.7 Å². The fraction of sp³-hybridized carbons (Fsp3) is 0.154. The maximum atomic E-state index is 12.9. The Labute approximate surface area is 216 Å². The normalized spacial score (nSPS) is 11.4. The quantitative estimate of drug-likeness (QED) is 0.259. The average Bonchev–Trinajstić information content (AvgIpc) is 2.85. The van der Waals surface area contributed by atoms with E-state index in [0.29, 0.717) is 22.8 Å². The first-order valence-electron chi connectivity index (χ1n) is 10.8. The highest BCUT2D eigenvalue weighted by atomic mass is 35.5. The van der Waals surface area contributed by atoms with Crippen molar-refractivity contribution < 1.29 is 29.4 Å². The molecule has 0 heterocycles. The molecule has 36 heavy (non-hydrogen) atoms. The number of rotatable bonds is 9. The lowest BCUT2D eigenvalue weighted by molar-refractivity contribution is -0.115. The van der Waals surface area contributed by atoms with E-state index in [1.165, 1.54) is 17.8 Å². The fourth-order valence-corrected chi connectivity index (χ4v) is 4.53. The predicted molar refractivity (Wildman–Crippen MR) is 140 cm³/mol. The third-order valence-corrected chi connectivity index (χ3v) is 7.07. The molecular weight excluding hydrogens is 504 g/mol. The minimum atomic E-state index is -1.42. The molecule has 0 aliphatic rings. The van der Waals surface area contributed by atoms with Crippen LogP contribution in [-0.2, 0) is 4.79 Å². The number of nitrogens with one attached hydrogen (secondary N) is 2. The number of benzene rings is 3. The van der Waals surface area contributed by atoms with Crippen molar-refractivity contribution in [1.82, 2.24) is 0 Å². The maximum Gasteiger partial charge on any atom is 0.336 e. The molecule has 8 nitrogen and oxygen atoms in total. The monoisotopic (exact) mass is 526 g/mol. The van der Waals surface area contributed by atoms with E-state index in [1.54, 1.807) is 42.5 Å². The van der Waals surface area contributed by atoms with Gasteiger partial charge in [-0.3, -0.25) is 9.59 Å². The number of carbonyl (C=O) groups excluding carboxylic acids is 2. The Hall–Kier alpha value is -3.82. The minimum absolute atomic E-state index is 0.173. The van der Waals surface area contributed by atoms with Gasteiger partial charge in [0.1, 0.15) is 0 Å². The van der Waals surface area contributed by atoms with Crippen LogP contribution in [0.1, 0.15) is 50.0 Å². The number of thioether (sulfide) groups is 1. The Morgan fingerprint density at radius 1 is 0.917 bits per heavy atom. The summed E-state index contributed by atoms with van der Waals surface area (Å²) in [6, 6.07) is 15.4. The van der Waals surface area contributed by atoms with Crippen LogP contribution in [0.3, 0.4) is 0 Å². The zero-order valence-electron chi connectivity index (χ0n) is 19.4. The molecule has 0 bridgehead atoms. The van der Waals surface area contributed by atoms with Gasteiger partial charge < -0.3 is 20.8 Å². The summed E-state index contributed by atoms with van der Waals surface area (Å²) in [6.07, 6.45) is 0.546. The molecule has 0 radical (unpaired) electrons. The van der Waals surface area contributed by atoms with Gasteiger partial charge in [-0.15, -0.1) is 11.8 Å². The van der Waals surface area contributed by atoms with Crippen LogP contribution >= 0.6 is 23.4 Å². The van der Waals surface area contributed by atoms with Crippen molar-refractivity contribution in [2.75, 3.05) is 10.6 Å². The summed E-state index contributed by atoms with van der Waals surface area (Å²) in [5.74, 6) is -3.60. The van der Waals surface area contributed by atoms with Gasteiger partial charge in [-0.1, -0.05) is 30.7 Å². The number of amides is 2. The van der Waals surface area contributed by atoms with Gasteiger partial charge in [-0.05, 0) is 67.4 Å². The van der Waals surface area contributed by atoms with E-state index >= 15 is 0 Å². The summed E-state index contributed by atoms with van der Waals surface area (Å²) in [5.41, 5.74) is 0.971. The second-order valence-corrected chi connectivity index (χ2v) is 9.45. The molecule has 1 atom stereocenters. The summed E-state index contributed by atoms with van der Waals surface area (Å²) in [4.78, 5) is 49.1. The first-order chi connectivity index (χ1) is 17.1. The number of aromatic carboxylic acids is 2. The second-order valence-electron chi connectivity index (χ2n) is 7.77. The van der Waals surface area contributed by atoms with Crippen molar-refractivity contribution in [1.29, 1.82) is 0 Å². The second kappa shape index (κ2) is 11.7. The van der Waals surface area contributed by atoms with Crippen LogP contribution in [0.15, 0.2) is 65.6 Å². The number of hydrogen-bond donors (Lipinski definition) is 4. The van der Waals surface area contributed by atoms with Crippen molar-refractivity contribution in [3.63, 3.8) is 0 Å². The number of carboxylic acids is 2. The molecule has 186 valence electrons. The Kier molecular flexibility index (Phi) is 8.73. The van der Waals surface area contributed by atoms with Crippen LogP contribution in [0, 0.1) is 6.92 Å². The van der Waals surface area contributed by atoms with Crippen molar-refractivity contribution in [2.45, 2.75) is 30.4 Å². The zero-order valence-corrected chi connectivity index (χ0v) is 20.9. The van der Waals surface area contributed by atoms with E-state index in [2.05, 4.69) is 10.6 Å². The smallest absolute Gasteiger partial charge is 0.336 e. The minimum Gasteiger partial charge on any atom is -0.478 e. The van der Waals surface area contributed by atoms with Crippen LogP contribution in [0.25, 0.3) is 0 Å². The molecule has 3 aromatic rings. The van der Waals surface area contributed by atoms with Crippen molar-refractivity contribution in [3.8, 4) is 0 Å². The maximum absolute atomic E-state index is 12.9. The average molecular weight is 527 g/mol. The molecule has 0 aromatic heterocycles. The molecule has 1 unspecified atom stereocenters. The number of hydrogen-bond acceptors (Lipinski definition) is 5. The molecule has 0 spiro atoms. The molecular formula is C26H23ClN2O6S. The lowest BCUT2D eigenvalue weighted by Crippen LogP contribution is -2.25. The SMILES string of the molecule is CCC(Sc1cccc(NC(=O)c2ccc(C(=O)O)cc2C(=O)O)c1)C(=O)Nc1cccc(Cl)c1C. The Morgan fingerprint density at radius 3 is 2.31 bits per heavy atom. The summed E-state index contributed by atoms with van der Waals surface area (Å²) in [6.45, 7) is 3.71. The van der Waals surface area contributed by atoms with Crippen LogP contribution in [0.2, 0.25) is 5.02 Å². The Morgan fingerprint density at radius 2 is 1.64 bits per heavy atom. The van der Waals surface area contributed by atoms with Gasteiger partial charge in [-0.25, -0.2) is 9.59 Å². The lowest BCUT2D eigenvalue weighted by Gasteiger charge is -2.17. The highest BCUT2D eigenvalue weighted by Crippen LogP contribution is 2.30. The lowest BCUT2D eigenvalue weighted by atomic mass is 10.0. The topological polar surface area (TPSA) is 133 Å². The third-order valence-electron chi connectivity index (χ3n) is 5.30. The molecule has 4 N–H and O–H groups in total. The summed E-state index contributed by atoms with van der Waals surface area (Å²) >= 11 is 7.46. The van der Waals surface area contributed by atoms with Gasteiger partial charge in [0.15, 0.2) is 0 Å². The van der Waals surface area contributed by atoms with Crippen molar-refractivity contribution in [2.24, 2.45) is 0 Å². The first kappa shape index (κ1) is 26.8. The van der Waals surface area contributed by atoms with Crippen LogP contribution in [-0.4, -0.2) is 39.2 Å². The number of carboxylic acid groups (broad SMARTS) is 2. The first-order valence-corrected chi connectivity index (χ1v) is 12.1. The highest BCUT2D eigenvalue weighted by molar-refractivity contribution is 8.00. The van der Waals surface area contributed by atoms with Gasteiger partial charge in [0.2, 0.25) is 5.91 Å². The fourth-order valence-electron chi connectivity index (χ4n) is 3.34. The van der Waals surface area contributed by atoms with Crippen molar-refractivity contribution in [3.05, 3.63) is 87.9 Å². The molecule has 0 saturated heterocycles. The van der Waals surface area contributed by atoms with Gasteiger partial charge in [0, 0.05) is 21.3 Å². The van der Waals surface area contributed by atoms with Gasteiger partial charge in [-0.2, -0.15) is 0 Å².